The Kier molecular flexibility index (Phi) is 3.43. The largest absolute Gasteiger partial charge is 0.441 e. The number of carbonyl (C=O) groups is 1. The standard InChI is InChI=1S/C6H9F3N2OS/c7-6(8,9)13-2-1-11-4-10-3-5(11)12/h10H,1-4H2. The number of nitrogens with zero attached hydrogens (tertiary/aromatic N) is 1. The van der Waals surface area contributed by atoms with Gasteiger partial charge in [-0.05, 0) is 11.8 Å². The quantitative estimate of drug-likeness (QED) is 0.747. The number of amides is 1. The lowest BCUT2D eigenvalue weighted by Crippen LogP contribution is -2.29. The fraction of sp³-hybridized carbons (Fsp3) is 0.833. The molecule has 1 saturated heterocycles. The molecule has 1 N–H and O–H groups in total. The van der Waals surface area contributed by atoms with E-state index in [1.54, 1.807) is 0 Å². The Hall–Kier alpha value is -0.430. The number of halogens is 3. The van der Waals surface area contributed by atoms with Gasteiger partial charge < -0.3 is 4.90 Å². The summed E-state index contributed by atoms with van der Waals surface area (Å²) in [7, 11) is 0. The average molecular weight is 214 g/mol. The van der Waals surface area contributed by atoms with Gasteiger partial charge in [0.2, 0.25) is 5.91 Å². The second kappa shape index (κ2) is 4.19. The Morgan fingerprint density at radius 2 is 2.23 bits per heavy atom. The van der Waals surface area contributed by atoms with Crippen molar-refractivity contribution in [2.75, 3.05) is 25.5 Å². The lowest BCUT2D eigenvalue weighted by Gasteiger charge is -2.14. The van der Waals surface area contributed by atoms with Crippen LogP contribution in [0.4, 0.5) is 13.2 Å². The van der Waals surface area contributed by atoms with Crippen molar-refractivity contribution in [3.8, 4) is 0 Å². The average Bonchev–Trinajstić information content (AvgIpc) is 2.34. The highest BCUT2D eigenvalue weighted by atomic mass is 32.2. The van der Waals surface area contributed by atoms with E-state index in [4.69, 9.17) is 0 Å². The van der Waals surface area contributed by atoms with E-state index in [9.17, 15) is 18.0 Å². The van der Waals surface area contributed by atoms with Crippen LogP contribution in [0.2, 0.25) is 0 Å². The molecule has 0 radical (unpaired) electrons. The molecule has 0 saturated carbocycles. The van der Waals surface area contributed by atoms with Gasteiger partial charge in [-0.2, -0.15) is 13.2 Å². The highest BCUT2D eigenvalue weighted by Crippen LogP contribution is 2.29. The summed E-state index contributed by atoms with van der Waals surface area (Å²) in [5.41, 5.74) is -4.20. The predicted octanol–water partition coefficient (Wildman–Crippen LogP) is 0.629. The van der Waals surface area contributed by atoms with Crippen LogP contribution in [0.3, 0.4) is 0 Å². The van der Waals surface area contributed by atoms with Crippen LogP contribution in [0.1, 0.15) is 0 Å². The van der Waals surface area contributed by atoms with Crippen molar-refractivity contribution in [1.29, 1.82) is 0 Å². The molecule has 3 nitrogen and oxygen atoms in total. The van der Waals surface area contributed by atoms with E-state index >= 15 is 0 Å². The zero-order chi connectivity index (χ0) is 9.90. The molecule has 1 fully saturated rings. The van der Waals surface area contributed by atoms with Crippen LogP contribution in [0.5, 0.6) is 0 Å². The highest BCUT2D eigenvalue weighted by Gasteiger charge is 2.28. The molecule has 0 aromatic heterocycles. The fourth-order valence-corrected chi connectivity index (χ4v) is 1.52. The van der Waals surface area contributed by atoms with Gasteiger partial charge in [-0.15, -0.1) is 0 Å². The number of carbonyl (C=O) groups excluding carboxylic acids is 1. The van der Waals surface area contributed by atoms with Gasteiger partial charge in [0, 0.05) is 12.3 Å². The second-order valence-electron chi connectivity index (χ2n) is 2.54. The van der Waals surface area contributed by atoms with Gasteiger partial charge >= 0.3 is 5.51 Å². The highest BCUT2D eigenvalue weighted by molar-refractivity contribution is 8.00. The molecule has 1 amide bonds. The zero-order valence-corrected chi connectivity index (χ0v) is 7.54. The van der Waals surface area contributed by atoms with Gasteiger partial charge in [0.05, 0.1) is 13.2 Å². The summed E-state index contributed by atoms with van der Waals surface area (Å²) in [6.07, 6.45) is 0. The summed E-state index contributed by atoms with van der Waals surface area (Å²) in [4.78, 5) is 12.3. The minimum absolute atomic E-state index is 0.0992. The second-order valence-corrected chi connectivity index (χ2v) is 3.70. The van der Waals surface area contributed by atoms with Crippen LogP contribution in [0, 0.1) is 0 Å². The van der Waals surface area contributed by atoms with E-state index in [0.29, 0.717) is 6.67 Å². The van der Waals surface area contributed by atoms with Gasteiger partial charge in [0.25, 0.3) is 0 Å². The molecule has 1 aliphatic heterocycles. The van der Waals surface area contributed by atoms with Gasteiger partial charge in [0.15, 0.2) is 0 Å². The van der Waals surface area contributed by atoms with Crippen LogP contribution in [-0.4, -0.2) is 41.8 Å². The maximum Gasteiger partial charge on any atom is 0.441 e. The third-order valence-corrected chi connectivity index (χ3v) is 2.27. The summed E-state index contributed by atoms with van der Waals surface area (Å²) >= 11 is -0.0992. The van der Waals surface area contributed by atoms with Gasteiger partial charge in [-0.1, -0.05) is 0 Å². The van der Waals surface area contributed by atoms with Crippen LogP contribution in [0.25, 0.3) is 0 Å². The molecule has 0 unspecified atom stereocenters. The van der Waals surface area contributed by atoms with Crippen LogP contribution >= 0.6 is 11.8 Å². The summed E-state index contributed by atoms with van der Waals surface area (Å²) in [5.74, 6) is -0.237. The van der Waals surface area contributed by atoms with Gasteiger partial charge in [0.1, 0.15) is 0 Å². The lowest BCUT2D eigenvalue weighted by atomic mass is 10.5. The SMILES string of the molecule is O=C1CNCN1CCSC(F)(F)F. The van der Waals surface area contributed by atoms with E-state index in [2.05, 4.69) is 5.32 Å². The molecule has 0 aliphatic carbocycles. The molecule has 1 heterocycles. The van der Waals surface area contributed by atoms with Crippen molar-refractivity contribution < 1.29 is 18.0 Å². The molecule has 0 atom stereocenters. The molecular weight excluding hydrogens is 205 g/mol. The Morgan fingerprint density at radius 3 is 2.69 bits per heavy atom. The van der Waals surface area contributed by atoms with Crippen molar-refractivity contribution >= 4 is 17.7 Å². The fourth-order valence-electron chi connectivity index (χ4n) is 0.973. The lowest BCUT2D eigenvalue weighted by molar-refractivity contribution is -0.126. The van der Waals surface area contributed by atoms with E-state index in [1.165, 1.54) is 4.90 Å². The van der Waals surface area contributed by atoms with Crippen molar-refractivity contribution in [1.82, 2.24) is 10.2 Å². The van der Waals surface area contributed by atoms with Crippen molar-refractivity contribution in [2.45, 2.75) is 5.51 Å². The van der Waals surface area contributed by atoms with Crippen molar-refractivity contribution in [3.63, 3.8) is 0 Å². The van der Waals surface area contributed by atoms with Crippen LogP contribution in [0.15, 0.2) is 0 Å². The summed E-state index contributed by atoms with van der Waals surface area (Å²) in [5, 5.41) is 2.76. The molecule has 1 rings (SSSR count). The molecule has 0 aromatic rings. The number of hydrogen-bond acceptors (Lipinski definition) is 3. The molecule has 0 bridgehead atoms. The predicted molar refractivity (Wildman–Crippen MR) is 43.1 cm³/mol. The molecule has 13 heavy (non-hydrogen) atoms. The molecule has 0 aromatic carbocycles. The third-order valence-electron chi connectivity index (χ3n) is 1.56. The first-order valence-electron chi connectivity index (χ1n) is 3.68. The minimum Gasteiger partial charge on any atom is -0.328 e. The Bertz CT molecular complexity index is 197. The Morgan fingerprint density at radius 1 is 1.54 bits per heavy atom. The molecule has 1 aliphatic rings. The summed E-state index contributed by atoms with van der Waals surface area (Å²) < 4.78 is 35.0. The maximum atomic E-state index is 11.7. The minimum atomic E-state index is -4.20. The molecule has 0 spiro atoms. The monoisotopic (exact) mass is 214 g/mol. The van der Waals surface area contributed by atoms with Crippen molar-refractivity contribution in [2.24, 2.45) is 0 Å². The maximum absolute atomic E-state index is 11.7. The molecule has 7 heteroatoms. The van der Waals surface area contributed by atoms with Gasteiger partial charge in [-0.3, -0.25) is 10.1 Å². The Balaban J connectivity index is 2.16. The number of nitrogens with one attached hydrogen (secondary N) is 1. The number of thioether (sulfide) groups is 1. The first kappa shape index (κ1) is 10.6. The van der Waals surface area contributed by atoms with E-state index < -0.39 is 5.51 Å². The number of alkyl halides is 3. The smallest absolute Gasteiger partial charge is 0.328 e. The summed E-state index contributed by atoms with van der Waals surface area (Å²) in [6.45, 7) is 0.740. The third kappa shape index (κ3) is 3.86. The first-order chi connectivity index (χ1) is 5.99. The van der Waals surface area contributed by atoms with E-state index in [0.717, 1.165) is 0 Å². The topological polar surface area (TPSA) is 32.3 Å². The first-order valence-corrected chi connectivity index (χ1v) is 4.67. The van der Waals surface area contributed by atoms with E-state index in [-0.39, 0.29) is 36.5 Å². The van der Waals surface area contributed by atoms with E-state index in [1.807, 2.05) is 0 Å². The van der Waals surface area contributed by atoms with Gasteiger partial charge in [-0.25, -0.2) is 0 Å². The normalized spacial score (nSPS) is 18.4. The Labute approximate surface area is 77.6 Å². The summed E-state index contributed by atoms with van der Waals surface area (Å²) in [6, 6.07) is 0. The molecule has 76 valence electrons. The molecular formula is C6H9F3N2OS. The van der Waals surface area contributed by atoms with Crippen LogP contribution < -0.4 is 5.32 Å². The number of hydrogen-bond donors (Lipinski definition) is 1. The zero-order valence-electron chi connectivity index (χ0n) is 6.73. The van der Waals surface area contributed by atoms with Crippen molar-refractivity contribution in [3.05, 3.63) is 0 Å². The number of rotatable bonds is 3. The van der Waals surface area contributed by atoms with Crippen LogP contribution in [-0.2, 0) is 4.79 Å².